The summed E-state index contributed by atoms with van der Waals surface area (Å²) < 4.78 is 5.38. The number of carboxylic acid groups (broad SMARTS) is 3. The Morgan fingerprint density at radius 2 is 1.36 bits per heavy atom. The molecule has 0 spiro atoms. The van der Waals surface area contributed by atoms with Crippen molar-refractivity contribution in [3.63, 3.8) is 0 Å². The van der Waals surface area contributed by atoms with Crippen molar-refractivity contribution in [1.82, 2.24) is 0 Å². The average molecular weight is 302 g/mol. The Labute approximate surface area is 124 Å². The molecule has 2 aromatic carbocycles. The monoisotopic (exact) mass is 302 g/mol. The maximum Gasteiger partial charge on any atom is 0.336 e. The molecule has 2 rings (SSSR count). The molecule has 7 nitrogen and oxygen atoms in total. The highest BCUT2D eigenvalue weighted by atomic mass is 16.5. The van der Waals surface area contributed by atoms with Crippen molar-refractivity contribution in [1.29, 1.82) is 0 Å². The first-order valence-electron chi connectivity index (χ1n) is 6.00. The Morgan fingerprint density at radius 3 is 1.95 bits per heavy atom. The van der Waals surface area contributed by atoms with Crippen LogP contribution in [0.15, 0.2) is 42.5 Å². The molecule has 0 radical (unpaired) electrons. The minimum absolute atomic E-state index is 0.0121. The largest absolute Gasteiger partial charge is 0.478 e. The lowest BCUT2D eigenvalue weighted by molar-refractivity contribution is 0.0651. The maximum absolute atomic E-state index is 11.1. The molecule has 22 heavy (non-hydrogen) atoms. The Balaban J connectivity index is 2.36. The number of rotatable bonds is 5. The van der Waals surface area contributed by atoms with Crippen molar-refractivity contribution in [3.05, 3.63) is 59.2 Å². The van der Waals surface area contributed by atoms with E-state index in [1.165, 1.54) is 30.3 Å². The number of hydrogen-bond acceptors (Lipinski definition) is 4. The fourth-order valence-electron chi connectivity index (χ4n) is 1.78. The molecule has 112 valence electrons. The number of carbonyl (C=O) groups is 3. The van der Waals surface area contributed by atoms with Crippen molar-refractivity contribution in [2.24, 2.45) is 0 Å². The van der Waals surface area contributed by atoms with Gasteiger partial charge in [0.15, 0.2) is 0 Å². The lowest BCUT2D eigenvalue weighted by Gasteiger charge is -2.08. The number of benzene rings is 2. The molecule has 0 heterocycles. The molecule has 0 bridgehead atoms. The van der Waals surface area contributed by atoms with Gasteiger partial charge in [-0.3, -0.25) is 0 Å². The Kier molecular flexibility index (Phi) is 4.08. The molecule has 0 saturated carbocycles. The highest BCUT2D eigenvalue weighted by molar-refractivity contribution is 6.02. The van der Waals surface area contributed by atoms with Crippen LogP contribution in [-0.2, 0) is 0 Å². The third kappa shape index (κ3) is 3.21. The van der Waals surface area contributed by atoms with E-state index >= 15 is 0 Å². The highest BCUT2D eigenvalue weighted by Crippen LogP contribution is 2.25. The van der Waals surface area contributed by atoms with Gasteiger partial charge in [0.05, 0.1) is 16.7 Å². The fourth-order valence-corrected chi connectivity index (χ4v) is 1.78. The van der Waals surface area contributed by atoms with Crippen LogP contribution in [-0.4, -0.2) is 33.2 Å². The fraction of sp³-hybridized carbons (Fsp3) is 0. The van der Waals surface area contributed by atoms with E-state index in [1.54, 1.807) is 0 Å². The molecular weight excluding hydrogens is 292 g/mol. The molecule has 0 aliphatic rings. The summed E-state index contributed by atoms with van der Waals surface area (Å²) in [4.78, 5) is 32.9. The normalized spacial score (nSPS) is 10.0. The van der Waals surface area contributed by atoms with Gasteiger partial charge >= 0.3 is 17.9 Å². The molecule has 0 aromatic heterocycles. The molecule has 0 amide bonds. The summed E-state index contributed by atoms with van der Waals surface area (Å²) in [6.07, 6.45) is 0. The van der Waals surface area contributed by atoms with Crippen LogP contribution in [0.25, 0.3) is 0 Å². The summed E-state index contributed by atoms with van der Waals surface area (Å²) in [7, 11) is 0. The van der Waals surface area contributed by atoms with Crippen LogP contribution >= 0.6 is 0 Å². The van der Waals surface area contributed by atoms with Crippen LogP contribution in [0.3, 0.4) is 0 Å². The van der Waals surface area contributed by atoms with Crippen molar-refractivity contribution in [3.8, 4) is 11.5 Å². The van der Waals surface area contributed by atoms with E-state index < -0.39 is 23.5 Å². The van der Waals surface area contributed by atoms with Gasteiger partial charge in [-0.15, -0.1) is 0 Å². The second kappa shape index (κ2) is 5.96. The predicted octanol–water partition coefficient (Wildman–Crippen LogP) is 2.57. The first-order valence-corrected chi connectivity index (χ1v) is 6.00. The molecule has 0 fully saturated rings. The standard InChI is InChI=1S/C15H10O7/c16-13(17)8-2-1-3-9(6-8)22-10-4-5-11(14(18)19)12(7-10)15(20)21/h1-7H,(H,16,17)(H,18,19)(H,20,21). The van der Waals surface area contributed by atoms with Gasteiger partial charge in [-0.05, 0) is 36.4 Å². The second-order valence-electron chi connectivity index (χ2n) is 4.25. The first-order chi connectivity index (χ1) is 10.4. The summed E-state index contributed by atoms with van der Waals surface area (Å²) in [5.74, 6) is -3.61. The third-order valence-electron chi connectivity index (χ3n) is 2.77. The van der Waals surface area contributed by atoms with Gasteiger partial charge in [0, 0.05) is 0 Å². The zero-order chi connectivity index (χ0) is 16.3. The van der Waals surface area contributed by atoms with Gasteiger partial charge in [-0.1, -0.05) is 6.07 Å². The predicted molar refractivity (Wildman–Crippen MR) is 73.8 cm³/mol. The molecule has 3 N–H and O–H groups in total. The van der Waals surface area contributed by atoms with E-state index in [4.69, 9.17) is 20.1 Å². The van der Waals surface area contributed by atoms with Crippen LogP contribution < -0.4 is 4.74 Å². The lowest BCUT2D eigenvalue weighted by atomic mass is 10.1. The number of ether oxygens (including phenoxy) is 1. The van der Waals surface area contributed by atoms with E-state index in [-0.39, 0.29) is 22.6 Å². The zero-order valence-electron chi connectivity index (χ0n) is 11.0. The van der Waals surface area contributed by atoms with Gasteiger partial charge in [-0.2, -0.15) is 0 Å². The van der Waals surface area contributed by atoms with Gasteiger partial charge in [0.2, 0.25) is 0 Å². The Hall–Kier alpha value is -3.35. The summed E-state index contributed by atoms with van der Waals surface area (Å²) in [6.45, 7) is 0. The SMILES string of the molecule is O=C(O)c1cccc(Oc2ccc(C(=O)O)c(C(=O)O)c2)c1. The minimum atomic E-state index is -1.40. The molecular formula is C15H10O7. The van der Waals surface area contributed by atoms with E-state index in [0.717, 1.165) is 12.1 Å². The second-order valence-corrected chi connectivity index (χ2v) is 4.25. The summed E-state index contributed by atoms with van der Waals surface area (Å²) in [5, 5.41) is 26.8. The van der Waals surface area contributed by atoms with E-state index in [2.05, 4.69) is 0 Å². The van der Waals surface area contributed by atoms with E-state index in [1.807, 2.05) is 0 Å². The van der Waals surface area contributed by atoms with E-state index in [9.17, 15) is 14.4 Å². The Bertz CT molecular complexity index is 764. The molecule has 0 saturated heterocycles. The Morgan fingerprint density at radius 1 is 0.727 bits per heavy atom. The topological polar surface area (TPSA) is 121 Å². The lowest BCUT2D eigenvalue weighted by Crippen LogP contribution is -2.08. The summed E-state index contributed by atoms with van der Waals surface area (Å²) >= 11 is 0. The summed E-state index contributed by atoms with van der Waals surface area (Å²) in [6, 6.07) is 9.10. The van der Waals surface area contributed by atoms with Crippen LogP contribution in [0.1, 0.15) is 31.1 Å². The van der Waals surface area contributed by atoms with Crippen LogP contribution in [0.5, 0.6) is 11.5 Å². The number of hydrogen-bond donors (Lipinski definition) is 3. The van der Waals surface area contributed by atoms with Crippen molar-refractivity contribution >= 4 is 17.9 Å². The molecule has 0 aliphatic heterocycles. The minimum Gasteiger partial charge on any atom is -0.478 e. The smallest absolute Gasteiger partial charge is 0.336 e. The quantitative estimate of drug-likeness (QED) is 0.776. The number of aromatic carboxylic acids is 3. The zero-order valence-corrected chi connectivity index (χ0v) is 11.0. The maximum atomic E-state index is 11.1. The van der Waals surface area contributed by atoms with Gasteiger partial charge in [0.1, 0.15) is 11.5 Å². The molecule has 0 atom stereocenters. The van der Waals surface area contributed by atoms with Crippen molar-refractivity contribution in [2.75, 3.05) is 0 Å². The van der Waals surface area contributed by atoms with Gasteiger partial charge in [0.25, 0.3) is 0 Å². The van der Waals surface area contributed by atoms with E-state index in [0.29, 0.717) is 0 Å². The third-order valence-corrected chi connectivity index (χ3v) is 2.77. The molecule has 0 unspecified atom stereocenters. The first kappa shape index (κ1) is 15.0. The van der Waals surface area contributed by atoms with Gasteiger partial charge in [-0.25, -0.2) is 14.4 Å². The van der Waals surface area contributed by atoms with Crippen molar-refractivity contribution < 1.29 is 34.4 Å². The average Bonchev–Trinajstić information content (AvgIpc) is 2.47. The van der Waals surface area contributed by atoms with Crippen molar-refractivity contribution in [2.45, 2.75) is 0 Å². The van der Waals surface area contributed by atoms with Crippen LogP contribution in [0, 0.1) is 0 Å². The van der Waals surface area contributed by atoms with Gasteiger partial charge < -0.3 is 20.1 Å². The summed E-state index contributed by atoms with van der Waals surface area (Å²) in [5.41, 5.74) is -0.767. The molecule has 0 aliphatic carbocycles. The van der Waals surface area contributed by atoms with Crippen LogP contribution in [0.4, 0.5) is 0 Å². The highest BCUT2D eigenvalue weighted by Gasteiger charge is 2.17. The molecule has 7 heteroatoms. The van der Waals surface area contributed by atoms with Crippen LogP contribution in [0.2, 0.25) is 0 Å². The number of carboxylic acids is 3. The molecule has 2 aromatic rings.